The predicted octanol–water partition coefficient (Wildman–Crippen LogP) is 9.14. The summed E-state index contributed by atoms with van der Waals surface area (Å²) in [7, 11) is 0. The molecule has 0 aliphatic heterocycles. The van der Waals surface area contributed by atoms with Crippen molar-refractivity contribution in [2.45, 2.75) is 77.0 Å². The largest absolute Gasteiger partial charge is 0.207 e. The number of hydrogen-bond donors (Lipinski definition) is 0. The van der Waals surface area contributed by atoms with E-state index in [1.54, 1.807) is 0 Å². The van der Waals surface area contributed by atoms with Gasteiger partial charge in [-0.15, -0.1) is 6.58 Å². The summed E-state index contributed by atoms with van der Waals surface area (Å²) >= 11 is 0. The minimum atomic E-state index is -0.514. The van der Waals surface area contributed by atoms with Crippen LogP contribution >= 0.6 is 0 Å². The molecule has 2 aromatic carbocycles. The number of halogens is 2. The van der Waals surface area contributed by atoms with Crippen LogP contribution in [0.15, 0.2) is 61.2 Å². The van der Waals surface area contributed by atoms with Crippen LogP contribution < -0.4 is 0 Å². The van der Waals surface area contributed by atoms with Crippen molar-refractivity contribution in [3.63, 3.8) is 0 Å². The number of rotatable bonds is 7. The highest BCUT2D eigenvalue weighted by molar-refractivity contribution is 5.45. The lowest BCUT2D eigenvalue weighted by atomic mass is 9.63. The van der Waals surface area contributed by atoms with Gasteiger partial charge in [0, 0.05) is 16.7 Å². The number of fused-ring (bicyclic) bond motifs is 1. The molecule has 35 heavy (non-hydrogen) atoms. The lowest BCUT2D eigenvalue weighted by Crippen LogP contribution is -2.30. The third-order valence-electron chi connectivity index (χ3n) is 8.17. The summed E-state index contributed by atoms with van der Waals surface area (Å²) in [6.07, 6.45) is 17.4. The van der Waals surface area contributed by atoms with E-state index < -0.39 is 11.6 Å². The molecule has 0 aromatic heterocycles. The van der Waals surface area contributed by atoms with Crippen molar-refractivity contribution in [1.29, 1.82) is 0 Å². The molecule has 4 rings (SSSR count). The monoisotopic (exact) mass is 472 g/mol. The van der Waals surface area contributed by atoms with Crippen molar-refractivity contribution in [1.82, 2.24) is 0 Å². The average Bonchev–Trinajstić information content (AvgIpc) is 2.88. The third kappa shape index (κ3) is 6.72. The molecule has 0 radical (unpaired) electrons. The molecule has 2 aliphatic carbocycles. The van der Waals surface area contributed by atoms with Gasteiger partial charge in [-0.3, -0.25) is 0 Å². The van der Waals surface area contributed by atoms with Crippen LogP contribution in [0.1, 0.15) is 92.9 Å². The van der Waals surface area contributed by atoms with Crippen LogP contribution in [0.3, 0.4) is 0 Å². The van der Waals surface area contributed by atoms with Crippen LogP contribution in [0.4, 0.5) is 8.78 Å². The van der Waals surface area contributed by atoms with E-state index in [0.29, 0.717) is 24.3 Å². The number of allylic oxidation sites excluding steroid dienone is 3. The highest BCUT2D eigenvalue weighted by atomic mass is 19.1. The molecule has 0 saturated heterocycles. The van der Waals surface area contributed by atoms with E-state index in [4.69, 9.17) is 0 Å². The molecule has 2 fully saturated rings. The maximum Gasteiger partial charge on any atom is 0.130 e. The maximum absolute atomic E-state index is 14.4. The van der Waals surface area contributed by atoms with Gasteiger partial charge in [0.25, 0.3) is 0 Å². The van der Waals surface area contributed by atoms with Crippen LogP contribution in [-0.2, 0) is 6.42 Å². The Labute approximate surface area is 210 Å². The zero-order valence-electron chi connectivity index (χ0n) is 21.0. The Morgan fingerprint density at radius 2 is 1.57 bits per heavy atom. The predicted molar refractivity (Wildman–Crippen MR) is 142 cm³/mol. The second kappa shape index (κ2) is 12.3. The first-order valence-corrected chi connectivity index (χ1v) is 13.4. The quantitative estimate of drug-likeness (QED) is 0.278. The van der Waals surface area contributed by atoms with Crippen LogP contribution in [0, 0.1) is 41.2 Å². The topological polar surface area (TPSA) is 0 Å². The van der Waals surface area contributed by atoms with Crippen molar-refractivity contribution in [3.8, 4) is 11.8 Å². The Hall–Kier alpha value is -2.66. The highest BCUT2D eigenvalue weighted by Crippen LogP contribution is 2.48. The standard InChI is InChI=1S/C33H38F2/c1-3-5-7-9-31-32(34)21-26(22-33(31)35)11-10-24-12-15-27(16-13-24)29-19-18-28-20-25(8-6-4-2)14-17-30(28)23-29/h3-5,12-13,15-16,21-22,25,28-30H,2,6-9,14,17-20,23H2,1H3/b5-3+. The molecule has 2 aliphatic rings. The van der Waals surface area contributed by atoms with Crippen LogP contribution in [-0.4, -0.2) is 0 Å². The molecule has 0 bridgehead atoms. The van der Waals surface area contributed by atoms with E-state index in [9.17, 15) is 8.78 Å². The number of benzene rings is 2. The van der Waals surface area contributed by atoms with Gasteiger partial charge in [0.1, 0.15) is 11.6 Å². The van der Waals surface area contributed by atoms with E-state index in [2.05, 4.69) is 48.8 Å². The van der Waals surface area contributed by atoms with Gasteiger partial charge in [0.05, 0.1) is 0 Å². The van der Waals surface area contributed by atoms with Gasteiger partial charge < -0.3 is 0 Å². The summed E-state index contributed by atoms with van der Waals surface area (Å²) in [5.74, 6) is 8.32. The van der Waals surface area contributed by atoms with Crippen molar-refractivity contribution < 1.29 is 8.78 Å². The van der Waals surface area contributed by atoms with Crippen molar-refractivity contribution >= 4 is 0 Å². The molecule has 184 valence electrons. The summed E-state index contributed by atoms with van der Waals surface area (Å²) in [5.41, 5.74) is 2.80. The summed E-state index contributed by atoms with van der Waals surface area (Å²) in [5, 5.41) is 0. The molecule has 2 saturated carbocycles. The normalized spacial score (nSPS) is 24.0. The Bertz CT molecular complexity index is 1060. The fraction of sp³-hybridized carbons (Fsp3) is 0.455. The van der Waals surface area contributed by atoms with Gasteiger partial charge in [0.15, 0.2) is 0 Å². The second-order valence-electron chi connectivity index (χ2n) is 10.5. The zero-order valence-corrected chi connectivity index (χ0v) is 21.0. The summed E-state index contributed by atoms with van der Waals surface area (Å²) in [6.45, 7) is 5.79. The minimum Gasteiger partial charge on any atom is -0.207 e. The molecule has 0 N–H and O–H groups in total. The Kier molecular flexibility index (Phi) is 8.97. The van der Waals surface area contributed by atoms with Crippen LogP contribution in [0.25, 0.3) is 0 Å². The molecule has 0 spiro atoms. The van der Waals surface area contributed by atoms with E-state index >= 15 is 0 Å². The first-order chi connectivity index (χ1) is 17.1. The third-order valence-corrected chi connectivity index (χ3v) is 8.17. The summed E-state index contributed by atoms with van der Waals surface area (Å²) in [6, 6.07) is 11.2. The molecular formula is C33H38F2. The molecule has 4 unspecified atom stereocenters. The van der Waals surface area contributed by atoms with E-state index in [-0.39, 0.29) is 5.56 Å². The zero-order chi connectivity index (χ0) is 24.6. The van der Waals surface area contributed by atoms with Gasteiger partial charge in [-0.2, -0.15) is 0 Å². The molecular weight excluding hydrogens is 434 g/mol. The molecule has 4 atom stereocenters. The lowest BCUT2D eigenvalue weighted by molar-refractivity contribution is 0.115. The fourth-order valence-electron chi connectivity index (χ4n) is 6.20. The molecule has 2 heteroatoms. The van der Waals surface area contributed by atoms with Gasteiger partial charge in [-0.05, 0) is 118 Å². The first kappa shape index (κ1) is 25.4. The van der Waals surface area contributed by atoms with Crippen molar-refractivity contribution in [2.24, 2.45) is 17.8 Å². The maximum atomic E-state index is 14.4. The van der Waals surface area contributed by atoms with Crippen molar-refractivity contribution in [2.75, 3.05) is 0 Å². The highest BCUT2D eigenvalue weighted by Gasteiger charge is 2.35. The Morgan fingerprint density at radius 1 is 0.886 bits per heavy atom. The van der Waals surface area contributed by atoms with Gasteiger partial charge in [-0.25, -0.2) is 8.78 Å². The van der Waals surface area contributed by atoms with Crippen molar-refractivity contribution in [3.05, 3.63) is 95.1 Å². The van der Waals surface area contributed by atoms with Gasteiger partial charge in [-0.1, -0.05) is 48.6 Å². The number of hydrogen-bond acceptors (Lipinski definition) is 0. The van der Waals surface area contributed by atoms with Crippen LogP contribution in [0.2, 0.25) is 0 Å². The molecule has 2 aromatic rings. The van der Waals surface area contributed by atoms with Crippen LogP contribution in [0.5, 0.6) is 0 Å². The molecule has 0 amide bonds. The average molecular weight is 473 g/mol. The minimum absolute atomic E-state index is 0.137. The fourth-order valence-corrected chi connectivity index (χ4v) is 6.20. The molecule has 0 heterocycles. The second-order valence-corrected chi connectivity index (χ2v) is 10.5. The Morgan fingerprint density at radius 3 is 2.29 bits per heavy atom. The summed E-state index contributed by atoms with van der Waals surface area (Å²) < 4.78 is 28.8. The van der Waals surface area contributed by atoms with E-state index in [0.717, 1.165) is 29.7 Å². The molecule has 0 nitrogen and oxygen atoms in total. The first-order valence-electron chi connectivity index (χ1n) is 13.4. The summed E-state index contributed by atoms with van der Waals surface area (Å²) in [4.78, 5) is 0. The Balaban J connectivity index is 1.35. The van der Waals surface area contributed by atoms with E-state index in [1.807, 2.05) is 19.1 Å². The van der Waals surface area contributed by atoms with Gasteiger partial charge >= 0.3 is 0 Å². The van der Waals surface area contributed by atoms with Gasteiger partial charge in [0.2, 0.25) is 0 Å². The smallest absolute Gasteiger partial charge is 0.130 e. The SMILES string of the molecule is C=CCCC1CCC2CC(c3ccc(C#Cc4cc(F)c(CC/C=C/C)c(F)c4)cc3)CCC2C1. The van der Waals surface area contributed by atoms with E-state index in [1.165, 1.54) is 62.6 Å². The lowest BCUT2D eigenvalue weighted by Gasteiger charge is -2.42.